The molecule has 6 atom stereocenters. The van der Waals surface area contributed by atoms with Crippen LogP contribution < -0.4 is 0 Å². The zero-order chi connectivity index (χ0) is 23.3. The topological polar surface area (TPSA) is 80.8 Å². The molecule has 8 heteroatoms. The summed E-state index contributed by atoms with van der Waals surface area (Å²) in [5.41, 5.74) is 2.44. The van der Waals surface area contributed by atoms with Crippen molar-refractivity contribution >= 4 is 55.4 Å². The van der Waals surface area contributed by atoms with E-state index >= 15 is 0 Å². The lowest BCUT2D eigenvalue weighted by Gasteiger charge is -2.28. The molecule has 2 amide bonds. The van der Waals surface area contributed by atoms with Crippen molar-refractivity contribution < 1.29 is 23.9 Å². The Kier molecular flexibility index (Phi) is 5.99. The molecule has 3 fully saturated rings. The van der Waals surface area contributed by atoms with Crippen LogP contribution in [0.25, 0.3) is 11.1 Å². The number of rotatable bonds is 6. The standard InChI is InChI=1S/C25H21Br2NO5/c26-22-16-10-17(23(22)27)21-20(16)24(31)28(25(21)32)11-19(30)33-12-18(29)15-8-6-14(7-9-15)13-4-2-1-3-5-13/h1-9,16-17,20-23H,10-12H2/t16-,17-,20-,21-,22-,23+/m1/s1. The van der Waals surface area contributed by atoms with Crippen LogP contribution in [0.4, 0.5) is 0 Å². The van der Waals surface area contributed by atoms with Crippen molar-refractivity contribution in [1.29, 1.82) is 0 Å². The summed E-state index contributed by atoms with van der Waals surface area (Å²) < 4.78 is 5.11. The Morgan fingerprint density at radius 3 is 1.97 bits per heavy atom. The quantitative estimate of drug-likeness (QED) is 0.226. The van der Waals surface area contributed by atoms with E-state index in [4.69, 9.17) is 4.74 Å². The summed E-state index contributed by atoms with van der Waals surface area (Å²) in [4.78, 5) is 51.9. The van der Waals surface area contributed by atoms with Gasteiger partial charge in [0.15, 0.2) is 12.4 Å². The van der Waals surface area contributed by atoms with Gasteiger partial charge in [-0.15, -0.1) is 0 Å². The van der Waals surface area contributed by atoms with Gasteiger partial charge in [0.1, 0.15) is 6.54 Å². The summed E-state index contributed by atoms with van der Waals surface area (Å²) in [6.07, 6.45) is 0.828. The first-order valence-electron chi connectivity index (χ1n) is 10.8. The van der Waals surface area contributed by atoms with Crippen molar-refractivity contribution in [3.05, 3.63) is 60.2 Å². The number of likely N-dealkylation sites (tertiary alicyclic amines) is 1. The van der Waals surface area contributed by atoms with Gasteiger partial charge >= 0.3 is 5.97 Å². The van der Waals surface area contributed by atoms with Gasteiger partial charge < -0.3 is 4.74 Å². The van der Waals surface area contributed by atoms with Crippen LogP contribution in [-0.2, 0) is 19.1 Å². The number of amides is 2. The molecule has 1 heterocycles. The molecule has 1 saturated heterocycles. The van der Waals surface area contributed by atoms with Crippen LogP contribution in [0.15, 0.2) is 54.6 Å². The molecule has 2 aromatic rings. The highest BCUT2D eigenvalue weighted by Gasteiger charge is 2.66. The number of hydrogen-bond donors (Lipinski definition) is 0. The van der Waals surface area contributed by atoms with Crippen LogP contribution in [-0.4, -0.2) is 51.3 Å². The molecule has 3 aliphatic rings. The summed E-state index contributed by atoms with van der Waals surface area (Å²) in [5, 5.41) is 0. The molecular formula is C25H21Br2NO5. The normalized spacial score (nSPS) is 29.9. The minimum Gasteiger partial charge on any atom is -0.456 e. The first-order valence-corrected chi connectivity index (χ1v) is 12.7. The maximum atomic E-state index is 12.9. The number of Topliss-reactive ketones (excluding diaryl/α,β-unsaturated/α-hetero) is 1. The van der Waals surface area contributed by atoms with E-state index in [1.807, 2.05) is 42.5 Å². The first kappa shape index (κ1) is 22.5. The summed E-state index contributed by atoms with van der Waals surface area (Å²) in [6, 6.07) is 16.8. The number of benzene rings is 2. The average molecular weight is 575 g/mol. The van der Waals surface area contributed by atoms with E-state index in [-0.39, 0.29) is 50.9 Å². The van der Waals surface area contributed by atoms with Crippen LogP contribution >= 0.6 is 31.9 Å². The second-order valence-corrected chi connectivity index (χ2v) is 10.9. The third-order valence-electron chi connectivity index (χ3n) is 7.04. The molecule has 2 aromatic carbocycles. The molecular weight excluding hydrogens is 554 g/mol. The summed E-state index contributed by atoms with van der Waals surface area (Å²) in [5.74, 6) is -2.30. The van der Waals surface area contributed by atoms with Gasteiger partial charge in [-0.1, -0.05) is 86.5 Å². The van der Waals surface area contributed by atoms with Crippen LogP contribution in [0.2, 0.25) is 0 Å². The second kappa shape index (κ2) is 8.80. The van der Waals surface area contributed by atoms with Gasteiger partial charge in [-0.05, 0) is 29.4 Å². The number of fused-ring (bicyclic) bond motifs is 5. The number of carbonyl (C=O) groups is 4. The van der Waals surface area contributed by atoms with Gasteiger partial charge in [0, 0.05) is 15.2 Å². The molecule has 2 saturated carbocycles. The van der Waals surface area contributed by atoms with E-state index in [9.17, 15) is 19.2 Å². The van der Waals surface area contributed by atoms with Crippen molar-refractivity contribution in [2.24, 2.45) is 23.7 Å². The predicted octanol–water partition coefficient (Wildman–Crippen LogP) is 3.86. The molecule has 0 radical (unpaired) electrons. The van der Waals surface area contributed by atoms with E-state index in [0.29, 0.717) is 5.56 Å². The van der Waals surface area contributed by atoms with E-state index in [2.05, 4.69) is 31.9 Å². The fourth-order valence-corrected chi connectivity index (χ4v) is 7.32. The number of carbonyl (C=O) groups excluding carboxylic acids is 4. The SMILES string of the molecule is O=C(CN1C(=O)[C@@H]2[C@H]3C[C@@H]([C@@H](Br)[C@H]3Br)[C@H]2C1=O)OCC(=O)c1ccc(-c2ccccc2)cc1. The van der Waals surface area contributed by atoms with Gasteiger partial charge in [-0.25, -0.2) is 0 Å². The smallest absolute Gasteiger partial charge is 0.326 e. The highest BCUT2D eigenvalue weighted by molar-refractivity contribution is 9.12. The number of ketones is 1. The van der Waals surface area contributed by atoms with Crippen LogP contribution in [0.5, 0.6) is 0 Å². The summed E-state index contributed by atoms with van der Waals surface area (Å²) in [6.45, 7) is -0.894. The van der Waals surface area contributed by atoms with Gasteiger partial charge in [0.05, 0.1) is 11.8 Å². The predicted molar refractivity (Wildman–Crippen MR) is 128 cm³/mol. The molecule has 1 aliphatic heterocycles. The van der Waals surface area contributed by atoms with Crippen molar-refractivity contribution in [2.45, 2.75) is 16.1 Å². The maximum absolute atomic E-state index is 12.9. The molecule has 0 aromatic heterocycles. The molecule has 0 unspecified atom stereocenters. The lowest BCUT2D eigenvalue weighted by Crippen LogP contribution is -2.38. The number of ether oxygens (including phenoxy) is 1. The number of esters is 1. The molecule has 6 nitrogen and oxygen atoms in total. The van der Waals surface area contributed by atoms with Crippen molar-refractivity contribution in [3.63, 3.8) is 0 Å². The lowest BCUT2D eigenvalue weighted by molar-refractivity contribution is -0.152. The molecule has 2 bridgehead atoms. The van der Waals surface area contributed by atoms with Crippen molar-refractivity contribution in [3.8, 4) is 11.1 Å². The number of alkyl halides is 2. The average Bonchev–Trinajstić information content (AvgIpc) is 3.44. The number of imide groups is 1. The fraction of sp³-hybridized carbons (Fsp3) is 0.360. The number of halogens is 2. The third kappa shape index (κ3) is 3.87. The van der Waals surface area contributed by atoms with Crippen LogP contribution in [0.3, 0.4) is 0 Å². The minimum absolute atomic E-state index is 0.0854. The zero-order valence-electron chi connectivity index (χ0n) is 17.5. The maximum Gasteiger partial charge on any atom is 0.326 e. The van der Waals surface area contributed by atoms with Gasteiger partial charge in [0.2, 0.25) is 11.8 Å². The Labute approximate surface area is 207 Å². The minimum atomic E-state index is -0.760. The Hall–Kier alpha value is -2.32. The highest BCUT2D eigenvalue weighted by atomic mass is 79.9. The monoisotopic (exact) mass is 573 g/mol. The van der Waals surface area contributed by atoms with Gasteiger partial charge in [-0.3, -0.25) is 24.1 Å². The van der Waals surface area contributed by atoms with Crippen LogP contribution in [0.1, 0.15) is 16.8 Å². The largest absolute Gasteiger partial charge is 0.456 e. The molecule has 0 spiro atoms. The molecule has 0 N–H and O–H groups in total. The Morgan fingerprint density at radius 1 is 0.848 bits per heavy atom. The zero-order valence-corrected chi connectivity index (χ0v) is 20.7. The van der Waals surface area contributed by atoms with E-state index in [1.54, 1.807) is 12.1 Å². The van der Waals surface area contributed by atoms with E-state index in [0.717, 1.165) is 22.4 Å². The number of hydrogen-bond acceptors (Lipinski definition) is 5. The van der Waals surface area contributed by atoms with Gasteiger partial charge in [-0.2, -0.15) is 0 Å². The first-order chi connectivity index (χ1) is 15.9. The lowest BCUT2D eigenvalue weighted by atomic mass is 9.81. The Bertz CT molecular complexity index is 1090. The van der Waals surface area contributed by atoms with Crippen molar-refractivity contribution in [1.82, 2.24) is 4.90 Å². The Morgan fingerprint density at radius 2 is 1.39 bits per heavy atom. The number of nitrogens with zero attached hydrogens (tertiary/aromatic N) is 1. The molecule has 5 rings (SSSR count). The molecule has 33 heavy (non-hydrogen) atoms. The van der Waals surface area contributed by atoms with E-state index in [1.165, 1.54) is 0 Å². The molecule has 170 valence electrons. The van der Waals surface area contributed by atoms with Gasteiger partial charge in [0.25, 0.3) is 0 Å². The van der Waals surface area contributed by atoms with E-state index < -0.39 is 19.1 Å². The summed E-state index contributed by atoms with van der Waals surface area (Å²) >= 11 is 7.28. The Balaban J connectivity index is 1.17. The summed E-state index contributed by atoms with van der Waals surface area (Å²) in [7, 11) is 0. The van der Waals surface area contributed by atoms with Crippen LogP contribution in [0, 0.1) is 23.7 Å². The fourth-order valence-electron chi connectivity index (χ4n) is 5.45. The third-order valence-corrected chi connectivity index (χ3v) is 10.3. The highest BCUT2D eigenvalue weighted by Crippen LogP contribution is 2.60. The second-order valence-electron chi connectivity index (χ2n) is 8.79. The van der Waals surface area contributed by atoms with Crippen molar-refractivity contribution in [2.75, 3.05) is 13.2 Å². The molecule has 2 aliphatic carbocycles.